The largest absolute Gasteiger partial charge is 0.368 e. The minimum Gasteiger partial charge on any atom is -0.368 e. The van der Waals surface area contributed by atoms with E-state index in [9.17, 15) is 0 Å². The zero-order valence-electron chi connectivity index (χ0n) is 8.63. The first-order chi connectivity index (χ1) is 7.09. The van der Waals surface area contributed by atoms with Crippen molar-refractivity contribution in [2.24, 2.45) is 5.73 Å². The number of hydrogen-bond acceptors (Lipinski definition) is 2. The van der Waals surface area contributed by atoms with E-state index in [-0.39, 0.29) is 6.04 Å². The Kier molecular flexibility index (Phi) is 3.10. The monoisotopic (exact) mass is 244 g/mol. The van der Waals surface area contributed by atoms with Crippen molar-refractivity contribution >= 4 is 28.9 Å². The van der Waals surface area contributed by atoms with Crippen LogP contribution in [0.5, 0.6) is 0 Å². The summed E-state index contributed by atoms with van der Waals surface area (Å²) in [5, 5.41) is 1.28. The van der Waals surface area contributed by atoms with Gasteiger partial charge in [0, 0.05) is 19.1 Å². The van der Waals surface area contributed by atoms with E-state index in [4.69, 9.17) is 28.9 Å². The summed E-state index contributed by atoms with van der Waals surface area (Å²) in [5.41, 5.74) is 8.14. The molecule has 1 aromatic carbocycles. The highest BCUT2D eigenvalue weighted by Crippen LogP contribution is 2.39. The van der Waals surface area contributed by atoms with E-state index in [2.05, 4.69) is 4.90 Å². The van der Waals surface area contributed by atoms with Crippen molar-refractivity contribution in [3.8, 4) is 0 Å². The fraction of sp³-hybridized carbons (Fsp3) is 0.455. The summed E-state index contributed by atoms with van der Waals surface area (Å²) in [7, 11) is 0. The van der Waals surface area contributed by atoms with Gasteiger partial charge >= 0.3 is 0 Å². The molecule has 0 radical (unpaired) electrons. The van der Waals surface area contributed by atoms with Crippen molar-refractivity contribution in [1.82, 2.24) is 0 Å². The van der Waals surface area contributed by atoms with Gasteiger partial charge in [-0.15, -0.1) is 0 Å². The fourth-order valence-electron chi connectivity index (χ4n) is 2.02. The maximum atomic E-state index is 6.20. The lowest BCUT2D eigenvalue weighted by atomic mass is 10.2. The van der Waals surface area contributed by atoms with E-state index in [0.29, 0.717) is 10.0 Å². The van der Waals surface area contributed by atoms with Gasteiger partial charge in [0.25, 0.3) is 0 Å². The molecule has 15 heavy (non-hydrogen) atoms. The predicted molar refractivity (Wildman–Crippen MR) is 66.0 cm³/mol. The molecular formula is C11H14Cl2N2. The van der Waals surface area contributed by atoms with E-state index in [1.165, 1.54) is 5.56 Å². The van der Waals surface area contributed by atoms with Crippen LogP contribution >= 0.6 is 23.2 Å². The van der Waals surface area contributed by atoms with Crippen LogP contribution in [0, 0.1) is 0 Å². The van der Waals surface area contributed by atoms with Gasteiger partial charge in [-0.2, -0.15) is 0 Å². The molecule has 0 spiro atoms. The molecule has 2 nitrogen and oxygen atoms in total. The van der Waals surface area contributed by atoms with E-state index in [0.717, 1.165) is 25.2 Å². The number of benzene rings is 1. The SMILES string of the molecule is C[C@H](N)CN1CCc2ccc(Cl)c(Cl)c21. The number of halogens is 2. The van der Waals surface area contributed by atoms with Crippen LogP contribution in [0.1, 0.15) is 12.5 Å². The average Bonchev–Trinajstić information content (AvgIpc) is 2.55. The Balaban J connectivity index is 2.36. The molecule has 0 aromatic heterocycles. The van der Waals surface area contributed by atoms with Gasteiger partial charge in [0.05, 0.1) is 15.7 Å². The van der Waals surface area contributed by atoms with Gasteiger partial charge < -0.3 is 10.6 Å². The summed E-state index contributed by atoms with van der Waals surface area (Å²) in [6, 6.07) is 4.05. The molecule has 0 fully saturated rings. The Labute approximate surface area is 100.0 Å². The second-order valence-corrected chi connectivity index (χ2v) is 4.83. The molecule has 1 aromatic rings. The summed E-state index contributed by atoms with van der Waals surface area (Å²) in [6.45, 7) is 3.81. The third-order valence-corrected chi connectivity index (χ3v) is 3.42. The smallest absolute Gasteiger partial charge is 0.0828 e. The summed E-state index contributed by atoms with van der Waals surface area (Å²) in [6.07, 6.45) is 1.03. The molecule has 0 aliphatic carbocycles. The van der Waals surface area contributed by atoms with Crippen molar-refractivity contribution < 1.29 is 0 Å². The van der Waals surface area contributed by atoms with Gasteiger partial charge in [-0.3, -0.25) is 0 Å². The zero-order chi connectivity index (χ0) is 11.0. The molecule has 0 amide bonds. The molecule has 4 heteroatoms. The van der Waals surface area contributed by atoms with Crippen molar-refractivity contribution in [2.75, 3.05) is 18.0 Å². The van der Waals surface area contributed by atoms with Crippen LogP contribution in [0.15, 0.2) is 12.1 Å². The topological polar surface area (TPSA) is 29.3 Å². The molecule has 82 valence electrons. The van der Waals surface area contributed by atoms with Crippen molar-refractivity contribution in [3.63, 3.8) is 0 Å². The molecular weight excluding hydrogens is 231 g/mol. The van der Waals surface area contributed by atoms with Crippen LogP contribution in [0.3, 0.4) is 0 Å². The molecule has 0 unspecified atom stereocenters. The molecule has 2 rings (SSSR count). The maximum absolute atomic E-state index is 6.20. The third-order valence-electron chi connectivity index (χ3n) is 2.63. The normalized spacial score (nSPS) is 16.7. The Morgan fingerprint density at radius 1 is 1.47 bits per heavy atom. The van der Waals surface area contributed by atoms with Crippen molar-refractivity contribution in [3.05, 3.63) is 27.7 Å². The highest BCUT2D eigenvalue weighted by atomic mass is 35.5. The number of nitrogens with zero attached hydrogens (tertiary/aromatic N) is 1. The predicted octanol–water partition coefficient (Wildman–Crippen LogP) is 2.70. The summed E-state index contributed by atoms with van der Waals surface area (Å²) >= 11 is 12.2. The standard InChI is InChI=1S/C11H14Cl2N2/c1-7(14)6-15-5-4-8-2-3-9(12)10(13)11(8)15/h2-3,7H,4-6,14H2,1H3/t7-/m0/s1. The molecule has 1 aliphatic heterocycles. The highest BCUT2D eigenvalue weighted by Gasteiger charge is 2.23. The third kappa shape index (κ3) is 2.07. The minimum absolute atomic E-state index is 0.144. The number of nitrogens with two attached hydrogens (primary N) is 1. The van der Waals surface area contributed by atoms with Crippen molar-refractivity contribution in [1.29, 1.82) is 0 Å². The second-order valence-electron chi connectivity index (χ2n) is 4.04. The lowest BCUT2D eigenvalue weighted by Crippen LogP contribution is -2.34. The van der Waals surface area contributed by atoms with Crippen LogP contribution in [0.2, 0.25) is 10.0 Å². The number of fused-ring (bicyclic) bond motifs is 1. The molecule has 1 heterocycles. The van der Waals surface area contributed by atoms with Gasteiger partial charge in [0.15, 0.2) is 0 Å². The van der Waals surface area contributed by atoms with Gasteiger partial charge in [0.1, 0.15) is 0 Å². The van der Waals surface area contributed by atoms with Gasteiger partial charge in [-0.05, 0) is 25.0 Å². The Bertz CT molecular complexity index is 377. The van der Waals surface area contributed by atoms with Crippen LogP contribution in [0.25, 0.3) is 0 Å². The molecule has 1 aliphatic rings. The summed E-state index contributed by atoms with van der Waals surface area (Å²) in [5.74, 6) is 0. The first-order valence-electron chi connectivity index (χ1n) is 5.07. The summed E-state index contributed by atoms with van der Waals surface area (Å²) < 4.78 is 0. The van der Waals surface area contributed by atoms with Crippen LogP contribution in [-0.4, -0.2) is 19.1 Å². The molecule has 0 saturated carbocycles. The van der Waals surface area contributed by atoms with Crippen LogP contribution in [-0.2, 0) is 6.42 Å². The lowest BCUT2D eigenvalue weighted by Gasteiger charge is -2.22. The van der Waals surface area contributed by atoms with Gasteiger partial charge in [-0.1, -0.05) is 29.3 Å². The number of hydrogen-bond donors (Lipinski definition) is 1. The van der Waals surface area contributed by atoms with Crippen molar-refractivity contribution in [2.45, 2.75) is 19.4 Å². The molecule has 0 saturated heterocycles. The molecule has 0 bridgehead atoms. The quantitative estimate of drug-likeness (QED) is 0.867. The Morgan fingerprint density at radius 3 is 2.87 bits per heavy atom. The Morgan fingerprint density at radius 2 is 2.20 bits per heavy atom. The lowest BCUT2D eigenvalue weighted by molar-refractivity contribution is 0.693. The average molecular weight is 245 g/mol. The van der Waals surface area contributed by atoms with Gasteiger partial charge in [-0.25, -0.2) is 0 Å². The van der Waals surface area contributed by atoms with Crippen LogP contribution in [0.4, 0.5) is 5.69 Å². The van der Waals surface area contributed by atoms with E-state index in [1.54, 1.807) is 0 Å². The van der Waals surface area contributed by atoms with E-state index >= 15 is 0 Å². The maximum Gasteiger partial charge on any atom is 0.0828 e. The minimum atomic E-state index is 0.144. The molecule has 1 atom stereocenters. The van der Waals surface area contributed by atoms with Gasteiger partial charge in [0.2, 0.25) is 0 Å². The highest BCUT2D eigenvalue weighted by molar-refractivity contribution is 6.43. The first kappa shape index (κ1) is 11.1. The zero-order valence-corrected chi connectivity index (χ0v) is 10.1. The van der Waals surface area contributed by atoms with E-state index < -0.39 is 0 Å². The number of rotatable bonds is 2. The van der Waals surface area contributed by atoms with E-state index in [1.807, 2.05) is 19.1 Å². The summed E-state index contributed by atoms with van der Waals surface area (Å²) in [4.78, 5) is 2.22. The number of anilines is 1. The fourth-order valence-corrected chi connectivity index (χ4v) is 2.48. The Hall–Kier alpha value is -0.440. The molecule has 2 N–H and O–H groups in total. The van der Waals surface area contributed by atoms with Crippen LogP contribution < -0.4 is 10.6 Å². The first-order valence-corrected chi connectivity index (χ1v) is 5.82. The second kappa shape index (κ2) is 4.20.